The van der Waals surface area contributed by atoms with Gasteiger partial charge in [0.05, 0.1) is 0 Å². The van der Waals surface area contributed by atoms with Crippen LogP contribution in [0.2, 0.25) is 0 Å². The summed E-state index contributed by atoms with van der Waals surface area (Å²) in [5.74, 6) is 0. The number of nitrogens with zero attached hydrogens (tertiary/aromatic N) is 2. The van der Waals surface area contributed by atoms with Gasteiger partial charge in [0, 0.05) is 38.3 Å². The molecule has 5 heteroatoms. The first-order valence-electron chi connectivity index (χ1n) is 10.3. The van der Waals surface area contributed by atoms with Crippen molar-refractivity contribution in [1.82, 2.24) is 20.4 Å². The van der Waals surface area contributed by atoms with Crippen LogP contribution in [0.15, 0.2) is 24.3 Å². The first kappa shape index (κ1) is 19.2. The van der Waals surface area contributed by atoms with Crippen molar-refractivity contribution in [3.63, 3.8) is 0 Å². The molecule has 2 heterocycles. The maximum absolute atomic E-state index is 12.3. The Labute approximate surface area is 158 Å². The quantitative estimate of drug-likeness (QED) is 0.822. The van der Waals surface area contributed by atoms with Gasteiger partial charge >= 0.3 is 6.03 Å². The maximum Gasteiger partial charge on any atom is 0.315 e. The number of carbonyl (C=O) groups excluding carboxylic acids is 1. The van der Waals surface area contributed by atoms with Gasteiger partial charge in [-0.05, 0) is 49.9 Å². The molecular formula is C21H34N4O. The summed E-state index contributed by atoms with van der Waals surface area (Å²) < 4.78 is 0. The average Bonchev–Trinajstić information content (AvgIpc) is 2.68. The summed E-state index contributed by atoms with van der Waals surface area (Å²) >= 11 is 0. The van der Waals surface area contributed by atoms with Crippen LogP contribution in [0.4, 0.5) is 4.79 Å². The predicted molar refractivity (Wildman–Crippen MR) is 106 cm³/mol. The lowest BCUT2D eigenvalue weighted by molar-refractivity contribution is 0.166. The van der Waals surface area contributed by atoms with E-state index in [-0.39, 0.29) is 12.1 Å². The van der Waals surface area contributed by atoms with Gasteiger partial charge in [-0.15, -0.1) is 0 Å². The highest BCUT2D eigenvalue weighted by Crippen LogP contribution is 2.21. The number of likely N-dealkylation sites (tertiary alicyclic amines) is 1. The first-order valence-corrected chi connectivity index (χ1v) is 10.3. The van der Waals surface area contributed by atoms with Crippen molar-refractivity contribution in [3.05, 3.63) is 35.4 Å². The van der Waals surface area contributed by atoms with Crippen molar-refractivity contribution in [2.75, 3.05) is 32.7 Å². The summed E-state index contributed by atoms with van der Waals surface area (Å²) in [5.41, 5.74) is 2.91. The van der Waals surface area contributed by atoms with E-state index in [1.807, 2.05) is 0 Å². The lowest BCUT2D eigenvalue weighted by Gasteiger charge is -2.36. The van der Waals surface area contributed by atoms with E-state index in [0.717, 1.165) is 52.0 Å². The van der Waals surface area contributed by atoms with Gasteiger partial charge in [0.2, 0.25) is 0 Å². The lowest BCUT2D eigenvalue weighted by Crippen LogP contribution is -2.52. The molecule has 1 fully saturated rings. The van der Waals surface area contributed by atoms with Crippen molar-refractivity contribution < 1.29 is 4.79 Å². The minimum absolute atomic E-state index is 0.0104. The lowest BCUT2D eigenvalue weighted by atomic mass is 9.98. The van der Waals surface area contributed by atoms with E-state index >= 15 is 0 Å². The van der Waals surface area contributed by atoms with Gasteiger partial charge in [0.25, 0.3) is 0 Å². The highest BCUT2D eigenvalue weighted by molar-refractivity contribution is 5.74. The van der Waals surface area contributed by atoms with Crippen LogP contribution in [-0.2, 0) is 13.0 Å². The Hall–Kier alpha value is -1.59. The number of nitrogens with one attached hydrogen (secondary N) is 2. The number of urea groups is 1. The molecule has 1 aromatic rings. The van der Waals surface area contributed by atoms with Crippen LogP contribution >= 0.6 is 0 Å². The molecule has 0 aliphatic carbocycles. The molecule has 0 spiro atoms. The number of likely N-dealkylation sites (N-methyl/N-ethyl adjacent to an activating group) is 1. The number of rotatable bonds is 6. The molecule has 5 nitrogen and oxygen atoms in total. The van der Waals surface area contributed by atoms with E-state index in [0.29, 0.717) is 12.6 Å². The molecule has 2 amide bonds. The smallest absolute Gasteiger partial charge is 0.315 e. The van der Waals surface area contributed by atoms with E-state index in [2.05, 4.69) is 58.5 Å². The Balaban J connectivity index is 1.46. The monoisotopic (exact) mass is 358 g/mol. The number of carbonyl (C=O) groups is 1. The van der Waals surface area contributed by atoms with Gasteiger partial charge < -0.3 is 15.5 Å². The van der Waals surface area contributed by atoms with E-state index in [4.69, 9.17) is 0 Å². The zero-order chi connectivity index (χ0) is 18.4. The van der Waals surface area contributed by atoms with E-state index in [9.17, 15) is 4.79 Å². The normalized spacial score (nSPS) is 22.5. The standard InChI is InChI=1S/C21H34N4O/c1-3-20(25-13-11-17-8-5-6-9-18(17)15-25)14-22-21(26)23-19-10-7-12-24(4-2)16-19/h5-6,8-9,19-20H,3-4,7,10-16H2,1-2H3,(H2,22,23,26). The van der Waals surface area contributed by atoms with E-state index in [1.54, 1.807) is 0 Å². The largest absolute Gasteiger partial charge is 0.337 e. The second-order valence-electron chi connectivity index (χ2n) is 7.64. The zero-order valence-corrected chi connectivity index (χ0v) is 16.3. The van der Waals surface area contributed by atoms with Crippen LogP contribution in [0.25, 0.3) is 0 Å². The second-order valence-corrected chi connectivity index (χ2v) is 7.64. The minimum atomic E-state index is -0.0104. The van der Waals surface area contributed by atoms with Crippen LogP contribution in [0.1, 0.15) is 44.2 Å². The van der Waals surface area contributed by atoms with Gasteiger partial charge in [-0.3, -0.25) is 4.90 Å². The van der Waals surface area contributed by atoms with Gasteiger partial charge in [-0.1, -0.05) is 38.1 Å². The van der Waals surface area contributed by atoms with Crippen LogP contribution < -0.4 is 10.6 Å². The third-order valence-corrected chi connectivity index (χ3v) is 5.93. The van der Waals surface area contributed by atoms with Crippen molar-refractivity contribution in [2.24, 2.45) is 0 Å². The van der Waals surface area contributed by atoms with Crippen LogP contribution in [0.3, 0.4) is 0 Å². The summed E-state index contributed by atoms with van der Waals surface area (Å²) in [6.45, 7) is 10.4. The molecule has 26 heavy (non-hydrogen) atoms. The Bertz CT molecular complexity index is 591. The fourth-order valence-electron chi connectivity index (χ4n) is 4.27. The fourth-order valence-corrected chi connectivity index (χ4v) is 4.27. The molecule has 2 N–H and O–H groups in total. The summed E-state index contributed by atoms with van der Waals surface area (Å²) in [5, 5.41) is 6.30. The molecule has 1 aromatic carbocycles. The fraction of sp³-hybridized carbons (Fsp3) is 0.667. The third-order valence-electron chi connectivity index (χ3n) is 5.93. The topological polar surface area (TPSA) is 47.6 Å². The van der Waals surface area contributed by atoms with Gasteiger partial charge in [0.1, 0.15) is 0 Å². The zero-order valence-electron chi connectivity index (χ0n) is 16.3. The molecule has 2 atom stereocenters. The highest BCUT2D eigenvalue weighted by Gasteiger charge is 2.24. The number of hydrogen-bond donors (Lipinski definition) is 2. The molecule has 2 unspecified atom stereocenters. The van der Waals surface area contributed by atoms with Gasteiger partial charge in [0.15, 0.2) is 0 Å². The minimum Gasteiger partial charge on any atom is -0.337 e. The highest BCUT2D eigenvalue weighted by atomic mass is 16.2. The second kappa shape index (κ2) is 9.38. The van der Waals surface area contributed by atoms with Gasteiger partial charge in [-0.25, -0.2) is 4.79 Å². The SMILES string of the molecule is CCC(CNC(=O)NC1CCCN(CC)C1)N1CCc2ccccc2C1. The molecule has 3 rings (SSSR count). The van der Waals surface area contributed by atoms with E-state index < -0.39 is 0 Å². The Morgan fingerprint density at radius 2 is 2.04 bits per heavy atom. The summed E-state index contributed by atoms with van der Waals surface area (Å²) in [7, 11) is 0. The number of piperidine rings is 1. The Morgan fingerprint density at radius 3 is 2.81 bits per heavy atom. The van der Waals surface area contributed by atoms with Crippen molar-refractivity contribution in [1.29, 1.82) is 0 Å². The Morgan fingerprint density at radius 1 is 1.23 bits per heavy atom. The third kappa shape index (κ3) is 4.98. The van der Waals surface area contributed by atoms with Gasteiger partial charge in [-0.2, -0.15) is 0 Å². The first-order chi connectivity index (χ1) is 12.7. The molecule has 2 aliphatic rings. The van der Waals surface area contributed by atoms with Crippen molar-refractivity contribution in [2.45, 2.75) is 58.2 Å². The number of benzene rings is 1. The Kier molecular flexibility index (Phi) is 6.92. The van der Waals surface area contributed by atoms with Crippen LogP contribution in [0.5, 0.6) is 0 Å². The van der Waals surface area contributed by atoms with E-state index in [1.165, 1.54) is 17.5 Å². The predicted octanol–water partition coefficient (Wildman–Crippen LogP) is 2.61. The summed E-state index contributed by atoms with van der Waals surface area (Å²) in [6.07, 6.45) is 4.41. The molecular weight excluding hydrogens is 324 g/mol. The summed E-state index contributed by atoms with van der Waals surface area (Å²) in [6, 6.07) is 9.39. The molecule has 0 bridgehead atoms. The van der Waals surface area contributed by atoms with Crippen LogP contribution in [-0.4, -0.2) is 60.6 Å². The molecule has 1 saturated heterocycles. The van der Waals surface area contributed by atoms with Crippen molar-refractivity contribution >= 4 is 6.03 Å². The molecule has 144 valence electrons. The number of fused-ring (bicyclic) bond motifs is 1. The molecule has 0 saturated carbocycles. The molecule has 0 aromatic heterocycles. The average molecular weight is 359 g/mol. The molecule has 0 radical (unpaired) electrons. The summed E-state index contributed by atoms with van der Waals surface area (Å²) in [4.78, 5) is 17.3. The number of hydrogen-bond acceptors (Lipinski definition) is 3. The van der Waals surface area contributed by atoms with Crippen molar-refractivity contribution in [3.8, 4) is 0 Å². The molecule has 2 aliphatic heterocycles. The van der Waals surface area contributed by atoms with Crippen LogP contribution in [0, 0.1) is 0 Å². The number of amides is 2. The maximum atomic E-state index is 12.3.